The molecule has 4 saturated heterocycles. The Balaban J connectivity index is 1.00. The predicted octanol–water partition coefficient (Wildman–Crippen LogP) is -0.332. The minimum atomic E-state index is -1.79. The standard InChI is InChI=1S/C57H92O23/c1-25-20-72-46(36(65)26(25)2)77-42-27(3)74-49(44(41(42)70)75-28(4)61)78-43-37(66)30(63)21-73-48(43)80-50(71)57-16-15-51(5,6)22-55(57,10)34-12-11-32-52(7)17-29(62)45(79-47-40(69)39(68)38(67)31(19-58)76-47)56(23-59,24-60)33(52)13-14-53(32,8)54(34,9)18-35(57)64/h12,25-27,29-33,35-49,58-60,62-70H,11,13-24H2,1-10H3. The lowest BCUT2D eigenvalue weighted by Gasteiger charge is -2.74. The average Bonchev–Trinajstić information content (AvgIpc) is 1.55. The van der Waals surface area contributed by atoms with E-state index in [0.29, 0.717) is 32.1 Å². The van der Waals surface area contributed by atoms with E-state index in [2.05, 4.69) is 40.7 Å². The summed E-state index contributed by atoms with van der Waals surface area (Å²) in [6, 6.07) is 0. The fourth-order valence-corrected chi connectivity index (χ4v) is 17.7. The molecule has 28 atom stereocenters. The average molecular weight is 1150 g/mol. The Morgan fingerprint density at radius 2 is 1.30 bits per heavy atom. The number of aliphatic hydroxyl groups is 12. The largest absolute Gasteiger partial charge is 0.454 e. The van der Waals surface area contributed by atoms with Crippen molar-refractivity contribution in [2.75, 3.05) is 33.0 Å². The molecule has 9 rings (SSSR count). The Morgan fingerprint density at radius 1 is 0.637 bits per heavy atom. The summed E-state index contributed by atoms with van der Waals surface area (Å²) in [5, 5.41) is 136. The number of hydrogen-bond acceptors (Lipinski definition) is 23. The molecule has 4 aliphatic heterocycles. The highest BCUT2D eigenvalue weighted by atomic mass is 16.8. The van der Waals surface area contributed by atoms with E-state index in [1.165, 1.54) is 0 Å². The number of ether oxygens (including phenoxy) is 9. The second kappa shape index (κ2) is 22.3. The van der Waals surface area contributed by atoms with Crippen LogP contribution in [0, 0.1) is 61.6 Å². The van der Waals surface area contributed by atoms with Crippen LogP contribution in [0.3, 0.4) is 0 Å². The maximum atomic E-state index is 15.7. The first-order valence-electron chi connectivity index (χ1n) is 28.9. The van der Waals surface area contributed by atoms with E-state index in [0.717, 1.165) is 12.5 Å². The van der Waals surface area contributed by atoms with Crippen LogP contribution in [0.4, 0.5) is 0 Å². The molecule has 0 radical (unpaired) electrons. The van der Waals surface area contributed by atoms with Gasteiger partial charge in [0.1, 0.15) is 60.4 Å². The van der Waals surface area contributed by atoms with Gasteiger partial charge < -0.3 is 104 Å². The molecule has 23 heteroatoms. The van der Waals surface area contributed by atoms with Gasteiger partial charge in [-0.25, -0.2) is 0 Å². The van der Waals surface area contributed by atoms with Gasteiger partial charge in [0.15, 0.2) is 31.1 Å². The highest BCUT2D eigenvalue weighted by Crippen LogP contribution is 2.78. The maximum absolute atomic E-state index is 15.7. The van der Waals surface area contributed by atoms with Gasteiger partial charge in [-0.15, -0.1) is 0 Å². The lowest BCUT2D eigenvalue weighted by molar-refractivity contribution is -0.367. The summed E-state index contributed by atoms with van der Waals surface area (Å²) in [6.07, 6.45) is -23.4. The molecule has 0 amide bonds. The normalized spacial score (nSPS) is 52.7. The van der Waals surface area contributed by atoms with E-state index in [1.54, 1.807) is 6.92 Å². The molecule has 0 aromatic heterocycles. The van der Waals surface area contributed by atoms with Gasteiger partial charge >= 0.3 is 11.9 Å². The molecule has 0 aromatic rings. The van der Waals surface area contributed by atoms with Crippen molar-refractivity contribution in [3.05, 3.63) is 11.6 Å². The van der Waals surface area contributed by atoms with Gasteiger partial charge in [-0.1, -0.05) is 67.0 Å². The number of esters is 2. The van der Waals surface area contributed by atoms with Gasteiger partial charge in [-0.2, -0.15) is 0 Å². The minimum Gasteiger partial charge on any atom is -0.454 e. The summed E-state index contributed by atoms with van der Waals surface area (Å²) in [6.45, 7) is 16.9. The number of carbonyl (C=O) groups excluding carboxylic acids is 2. The Bertz CT molecular complexity index is 2260. The number of hydrogen-bond donors (Lipinski definition) is 12. The number of fused-ring (bicyclic) bond motifs is 7. The molecular weight excluding hydrogens is 1050 g/mol. The molecule has 12 N–H and O–H groups in total. The SMILES string of the molecule is CC(=O)OC1C(OC2C(OC(=O)C34CCC(C)(C)CC3(C)C3=CCC5C6(C)CC(O)C(OC7OC(CO)C(O)C(O)C7O)C(CO)(CO)C6CCC5(C)C3(C)CC4O)OCC(O)C2O)OC(C)C(OC2OCC(C)C(C)C2O)C1O. The molecule has 8 fully saturated rings. The van der Waals surface area contributed by atoms with Crippen LogP contribution in [0.5, 0.6) is 0 Å². The van der Waals surface area contributed by atoms with Gasteiger partial charge in [0.05, 0.1) is 57.5 Å². The maximum Gasteiger partial charge on any atom is 0.318 e. The molecule has 28 unspecified atom stereocenters. The van der Waals surface area contributed by atoms with Crippen LogP contribution < -0.4 is 0 Å². The summed E-state index contributed by atoms with van der Waals surface area (Å²) < 4.78 is 54.3. The van der Waals surface area contributed by atoms with Crippen molar-refractivity contribution in [2.24, 2.45) is 61.6 Å². The fraction of sp³-hybridized carbons (Fsp3) is 0.930. The summed E-state index contributed by atoms with van der Waals surface area (Å²) in [7, 11) is 0. The first-order valence-corrected chi connectivity index (χ1v) is 28.9. The summed E-state index contributed by atoms with van der Waals surface area (Å²) in [4.78, 5) is 28.3. The topological polar surface area (TPSA) is 360 Å². The van der Waals surface area contributed by atoms with Crippen molar-refractivity contribution < 1.29 is 113 Å². The van der Waals surface area contributed by atoms with E-state index in [4.69, 9.17) is 42.6 Å². The first-order chi connectivity index (χ1) is 37.4. The molecule has 0 spiro atoms. The smallest absolute Gasteiger partial charge is 0.318 e. The van der Waals surface area contributed by atoms with Crippen LogP contribution in [0.2, 0.25) is 0 Å². The molecule has 23 nitrogen and oxygen atoms in total. The van der Waals surface area contributed by atoms with Gasteiger partial charge in [0.2, 0.25) is 6.29 Å². The number of allylic oxidation sites excluding steroid dienone is 2. The number of aliphatic hydroxyl groups excluding tert-OH is 12. The van der Waals surface area contributed by atoms with E-state index in [1.807, 2.05) is 20.8 Å². The zero-order chi connectivity index (χ0) is 58.8. The highest BCUT2D eigenvalue weighted by molar-refractivity contribution is 5.81. The Morgan fingerprint density at radius 3 is 1.95 bits per heavy atom. The third-order valence-electron chi connectivity index (χ3n) is 22.4. The molecule has 4 heterocycles. The lowest BCUT2D eigenvalue weighted by Crippen LogP contribution is -2.73. The van der Waals surface area contributed by atoms with Crippen molar-refractivity contribution in [3.8, 4) is 0 Å². The van der Waals surface area contributed by atoms with Crippen LogP contribution in [-0.4, -0.2) is 223 Å². The molecule has 458 valence electrons. The van der Waals surface area contributed by atoms with Crippen LogP contribution in [0.25, 0.3) is 0 Å². The molecule has 0 bridgehead atoms. The molecule has 5 aliphatic carbocycles. The molecular formula is C57H92O23. The zero-order valence-electron chi connectivity index (χ0n) is 47.9. The fourth-order valence-electron chi connectivity index (χ4n) is 17.7. The predicted molar refractivity (Wildman–Crippen MR) is 275 cm³/mol. The number of carbonyl (C=O) groups is 2. The minimum absolute atomic E-state index is 0.0212. The Kier molecular flexibility index (Phi) is 17.4. The molecule has 0 aromatic carbocycles. The van der Waals surface area contributed by atoms with Gasteiger partial charge in [0.25, 0.3) is 0 Å². The van der Waals surface area contributed by atoms with Gasteiger partial charge in [0, 0.05) is 17.8 Å². The molecule has 80 heavy (non-hydrogen) atoms. The molecule has 4 saturated carbocycles. The third-order valence-corrected chi connectivity index (χ3v) is 22.4. The quantitative estimate of drug-likeness (QED) is 0.0676. The van der Waals surface area contributed by atoms with Crippen molar-refractivity contribution in [1.82, 2.24) is 0 Å². The number of rotatable bonds is 12. The second-order valence-corrected chi connectivity index (χ2v) is 27.4. The van der Waals surface area contributed by atoms with Crippen molar-refractivity contribution in [3.63, 3.8) is 0 Å². The van der Waals surface area contributed by atoms with Crippen molar-refractivity contribution in [1.29, 1.82) is 0 Å². The summed E-state index contributed by atoms with van der Waals surface area (Å²) >= 11 is 0. The van der Waals surface area contributed by atoms with E-state index >= 15 is 4.79 Å². The highest BCUT2D eigenvalue weighted by Gasteiger charge is 2.76. The van der Waals surface area contributed by atoms with Gasteiger partial charge in [-0.3, -0.25) is 9.59 Å². The van der Waals surface area contributed by atoms with Gasteiger partial charge in [-0.05, 0) is 104 Å². The van der Waals surface area contributed by atoms with E-state index in [9.17, 15) is 66.1 Å². The van der Waals surface area contributed by atoms with Crippen molar-refractivity contribution >= 4 is 11.9 Å². The summed E-state index contributed by atoms with van der Waals surface area (Å²) in [5.41, 5.74) is -5.84. The van der Waals surface area contributed by atoms with Crippen LogP contribution in [-0.2, 0) is 52.2 Å². The second-order valence-electron chi connectivity index (χ2n) is 27.4. The monoisotopic (exact) mass is 1140 g/mol. The van der Waals surface area contributed by atoms with Crippen LogP contribution in [0.1, 0.15) is 121 Å². The third kappa shape index (κ3) is 9.67. The Labute approximate surface area is 467 Å². The van der Waals surface area contributed by atoms with E-state index < -0.39 is 193 Å². The Hall–Kier alpha value is -2.08. The van der Waals surface area contributed by atoms with Crippen LogP contribution >= 0.6 is 0 Å². The first kappa shape index (κ1) is 62.5. The lowest BCUT2D eigenvalue weighted by atomic mass is 9.30. The zero-order valence-corrected chi connectivity index (χ0v) is 47.9. The molecule has 9 aliphatic rings. The van der Waals surface area contributed by atoms with Crippen LogP contribution in [0.15, 0.2) is 11.6 Å². The van der Waals surface area contributed by atoms with E-state index in [-0.39, 0.29) is 49.0 Å². The summed E-state index contributed by atoms with van der Waals surface area (Å²) in [5.74, 6) is -2.58. The van der Waals surface area contributed by atoms with Crippen molar-refractivity contribution in [2.45, 2.75) is 237 Å².